The Morgan fingerprint density at radius 1 is 1.44 bits per heavy atom. The average molecular weight is 131 g/mol. The monoisotopic (exact) mass is 131 g/mol. The second kappa shape index (κ2) is 1.61. The van der Waals surface area contributed by atoms with E-state index in [2.05, 4.69) is 0 Å². The summed E-state index contributed by atoms with van der Waals surface area (Å²) in [4.78, 5) is 20.8. The van der Waals surface area contributed by atoms with Crippen LogP contribution in [0.15, 0.2) is 0 Å². The Labute approximate surface area is 50.5 Å². The van der Waals surface area contributed by atoms with E-state index in [0.717, 1.165) is 4.90 Å². The summed E-state index contributed by atoms with van der Waals surface area (Å²) in [5, 5.41) is 16.3. The molecule has 1 aliphatic rings. The third-order valence-electron chi connectivity index (χ3n) is 1.14. The van der Waals surface area contributed by atoms with Gasteiger partial charge in [0.2, 0.25) is 0 Å². The number of amides is 1. The molecule has 0 aromatic heterocycles. The molecule has 0 saturated carbocycles. The molecule has 1 saturated heterocycles. The van der Waals surface area contributed by atoms with Crippen molar-refractivity contribution in [3.05, 3.63) is 0 Å². The highest BCUT2D eigenvalue weighted by atomic mass is 16.4. The molecule has 0 aromatic rings. The molecule has 0 aliphatic carbocycles. The number of hydrogen-bond acceptors (Lipinski definition) is 2. The first-order valence-corrected chi connectivity index (χ1v) is 2.35. The second-order valence-corrected chi connectivity index (χ2v) is 1.79. The van der Waals surface area contributed by atoms with Gasteiger partial charge in [0.1, 0.15) is 0 Å². The molecule has 1 aliphatic heterocycles. The van der Waals surface area contributed by atoms with Crippen LogP contribution < -0.4 is 0 Å². The molecule has 0 radical (unpaired) electrons. The van der Waals surface area contributed by atoms with Crippen molar-refractivity contribution < 1.29 is 19.8 Å². The van der Waals surface area contributed by atoms with Crippen molar-refractivity contribution in [3.8, 4) is 0 Å². The van der Waals surface area contributed by atoms with Gasteiger partial charge in [-0.1, -0.05) is 0 Å². The Balaban J connectivity index is 2.42. The number of carbonyl (C=O) groups is 2. The van der Waals surface area contributed by atoms with E-state index in [-0.39, 0.29) is 6.54 Å². The van der Waals surface area contributed by atoms with Crippen LogP contribution >= 0.6 is 0 Å². The van der Waals surface area contributed by atoms with Gasteiger partial charge in [-0.3, -0.25) is 4.90 Å². The summed E-state index contributed by atoms with van der Waals surface area (Å²) < 4.78 is 0. The number of rotatable bonds is 1. The first-order valence-electron chi connectivity index (χ1n) is 2.35. The predicted octanol–water partition coefficient (Wildman–Crippen LogP) is -0.567. The van der Waals surface area contributed by atoms with Crippen LogP contribution in [0.3, 0.4) is 0 Å². The van der Waals surface area contributed by atoms with Crippen LogP contribution in [0.2, 0.25) is 0 Å². The molecule has 2 N–H and O–H groups in total. The van der Waals surface area contributed by atoms with Gasteiger partial charge in [-0.15, -0.1) is 0 Å². The molecule has 0 bridgehead atoms. The van der Waals surface area contributed by atoms with E-state index >= 15 is 0 Å². The lowest BCUT2D eigenvalue weighted by molar-refractivity contribution is -0.137. The van der Waals surface area contributed by atoms with E-state index in [0.29, 0.717) is 0 Å². The molecule has 1 unspecified atom stereocenters. The van der Waals surface area contributed by atoms with Crippen LogP contribution in [0, 0.1) is 0 Å². The molecule has 1 amide bonds. The molecule has 5 heteroatoms. The maximum absolute atomic E-state index is 9.97. The molecule has 5 nitrogen and oxygen atoms in total. The number of nitrogens with zero attached hydrogens (tertiary/aromatic N) is 1. The molecular weight excluding hydrogens is 126 g/mol. The van der Waals surface area contributed by atoms with Gasteiger partial charge < -0.3 is 10.2 Å². The third-order valence-corrected chi connectivity index (χ3v) is 1.14. The maximum Gasteiger partial charge on any atom is 0.408 e. The topological polar surface area (TPSA) is 77.6 Å². The molecule has 0 spiro atoms. The number of carboxylic acids is 1. The highest BCUT2D eigenvalue weighted by molar-refractivity contribution is 5.84. The van der Waals surface area contributed by atoms with E-state index in [1.54, 1.807) is 0 Å². The fraction of sp³-hybridized carbons (Fsp3) is 0.500. The largest absolute Gasteiger partial charge is 0.480 e. The maximum atomic E-state index is 9.97. The van der Waals surface area contributed by atoms with Crippen LogP contribution in [0.25, 0.3) is 0 Å². The van der Waals surface area contributed by atoms with Crippen molar-refractivity contribution in [1.82, 2.24) is 4.90 Å². The minimum atomic E-state index is -1.16. The van der Waals surface area contributed by atoms with Crippen LogP contribution in [0.4, 0.5) is 4.79 Å². The van der Waals surface area contributed by atoms with Crippen molar-refractivity contribution in [2.45, 2.75) is 6.04 Å². The van der Waals surface area contributed by atoms with Crippen LogP contribution in [0.5, 0.6) is 0 Å². The summed E-state index contributed by atoms with van der Waals surface area (Å²) in [6.45, 7) is 0.130. The van der Waals surface area contributed by atoms with Gasteiger partial charge in [-0.2, -0.15) is 0 Å². The summed E-state index contributed by atoms with van der Waals surface area (Å²) >= 11 is 0. The normalized spacial score (nSPS) is 23.6. The summed E-state index contributed by atoms with van der Waals surface area (Å²) in [5.74, 6) is -1.07. The quantitative estimate of drug-likeness (QED) is 0.467. The Morgan fingerprint density at radius 2 is 2.00 bits per heavy atom. The lowest BCUT2D eigenvalue weighted by Gasteiger charge is -1.90. The molecule has 9 heavy (non-hydrogen) atoms. The number of aliphatic carboxylic acids is 1. The standard InChI is InChI=1S/C4H5NO4/c6-3(7)2-1-5(2)4(8)9/h2H,1H2,(H,6,7)(H,8,9). The van der Waals surface area contributed by atoms with E-state index in [9.17, 15) is 9.59 Å². The highest BCUT2D eigenvalue weighted by Crippen LogP contribution is 2.16. The van der Waals surface area contributed by atoms with E-state index < -0.39 is 18.1 Å². The Hall–Kier alpha value is -1.26. The lowest BCUT2D eigenvalue weighted by atomic mass is 10.5. The summed E-state index contributed by atoms with van der Waals surface area (Å²) in [6, 6.07) is -0.789. The van der Waals surface area contributed by atoms with Crippen molar-refractivity contribution in [2.24, 2.45) is 0 Å². The highest BCUT2D eigenvalue weighted by Gasteiger charge is 2.44. The van der Waals surface area contributed by atoms with Gasteiger partial charge in [-0.05, 0) is 0 Å². The molecule has 0 aromatic carbocycles. The smallest absolute Gasteiger partial charge is 0.408 e. The second-order valence-electron chi connectivity index (χ2n) is 1.79. The van der Waals surface area contributed by atoms with Crippen LogP contribution in [0.1, 0.15) is 0 Å². The first kappa shape index (κ1) is 5.87. The fourth-order valence-electron chi connectivity index (χ4n) is 0.562. The van der Waals surface area contributed by atoms with E-state index in [1.165, 1.54) is 0 Å². The molecule has 1 atom stereocenters. The van der Waals surface area contributed by atoms with Crippen LogP contribution in [-0.2, 0) is 4.79 Å². The summed E-state index contributed by atoms with van der Waals surface area (Å²) in [7, 11) is 0. The van der Waals surface area contributed by atoms with Crippen molar-refractivity contribution in [1.29, 1.82) is 0 Å². The average Bonchev–Trinajstić information content (AvgIpc) is 2.39. The summed E-state index contributed by atoms with van der Waals surface area (Å²) in [5.41, 5.74) is 0. The van der Waals surface area contributed by atoms with Gasteiger partial charge in [0.05, 0.1) is 6.54 Å². The van der Waals surface area contributed by atoms with Gasteiger partial charge in [0.25, 0.3) is 0 Å². The molecule has 1 rings (SSSR count). The lowest BCUT2D eigenvalue weighted by Crippen LogP contribution is -2.15. The molecular formula is C4H5NO4. The Morgan fingerprint density at radius 3 is 2.11 bits per heavy atom. The van der Waals surface area contributed by atoms with Gasteiger partial charge in [-0.25, -0.2) is 9.59 Å². The van der Waals surface area contributed by atoms with Gasteiger partial charge >= 0.3 is 12.1 Å². The molecule has 1 fully saturated rings. The zero-order valence-electron chi connectivity index (χ0n) is 4.44. The zero-order chi connectivity index (χ0) is 7.02. The number of hydrogen-bond donors (Lipinski definition) is 2. The Bertz CT molecular complexity index is 148. The fourth-order valence-corrected chi connectivity index (χ4v) is 0.562. The van der Waals surface area contributed by atoms with Gasteiger partial charge in [0.15, 0.2) is 6.04 Å². The van der Waals surface area contributed by atoms with Crippen molar-refractivity contribution >= 4 is 12.1 Å². The van der Waals surface area contributed by atoms with Crippen molar-refractivity contribution in [3.63, 3.8) is 0 Å². The summed E-state index contributed by atoms with van der Waals surface area (Å²) in [6.07, 6.45) is -1.16. The van der Waals surface area contributed by atoms with Gasteiger partial charge in [0, 0.05) is 0 Å². The van der Waals surface area contributed by atoms with E-state index in [1.807, 2.05) is 0 Å². The zero-order valence-corrected chi connectivity index (χ0v) is 4.44. The molecule has 50 valence electrons. The van der Waals surface area contributed by atoms with Crippen molar-refractivity contribution in [2.75, 3.05) is 6.54 Å². The Kier molecular flexibility index (Phi) is 1.05. The minimum Gasteiger partial charge on any atom is -0.480 e. The minimum absolute atomic E-state index is 0.130. The van der Waals surface area contributed by atoms with Crippen LogP contribution in [-0.4, -0.2) is 39.8 Å². The number of carboxylic acid groups (broad SMARTS) is 2. The molecule has 1 heterocycles. The SMILES string of the molecule is O=C(O)C1CN1C(=O)O. The van der Waals surface area contributed by atoms with E-state index in [4.69, 9.17) is 10.2 Å². The third kappa shape index (κ3) is 0.933. The first-order chi connectivity index (χ1) is 4.13. The predicted molar refractivity (Wildman–Crippen MR) is 26.2 cm³/mol.